The van der Waals surface area contributed by atoms with Crippen LogP contribution < -0.4 is 10.2 Å². The average molecular weight is 389 g/mol. The van der Waals surface area contributed by atoms with Crippen LogP contribution in [0.3, 0.4) is 0 Å². The molecule has 1 aliphatic heterocycles. The lowest BCUT2D eigenvalue weighted by Gasteiger charge is -2.21. The van der Waals surface area contributed by atoms with Crippen LogP contribution in [0.4, 0.5) is 10.5 Å². The quantitative estimate of drug-likeness (QED) is 0.842. The number of aromatic amines is 1. The number of carbonyl (C=O) groups excluding carboxylic acids is 2. The van der Waals surface area contributed by atoms with Gasteiger partial charge in [-0.05, 0) is 38.0 Å². The molecule has 2 aromatic rings. The fourth-order valence-corrected chi connectivity index (χ4v) is 3.87. The Hall–Kier alpha value is -2.54. The number of H-pyrrole nitrogens is 1. The van der Waals surface area contributed by atoms with Crippen molar-refractivity contribution < 1.29 is 14.3 Å². The van der Waals surface area contributed by atoms with E-state index < -0.39 is 6.09 Å². The highest BCUT2D eigenvalue weighted by Gasteiger charge is 2.33. The molecule has 7 nitrogen and oxygen atoms in total. The Morgan fingerprint density at radius 1 is 1.48 bits per heavy atom. The summed E-state index contributed by atoms with van der Waals surface area (Å²) >= 11 is 5.99. The van der Waals surface area contributed by atoms with Crippen molar-refractivity contribution in [2.24, 2.45) is 5.92 Å². The van der Waals surface area contributed by atoms with Gasteiger partial charge in [0.25, 0.3) is 0 Å². The van der Waals surface area contributed by atoms with Crippen molar-refractivity contribution in [3.8, 4) is 0 Å². The monoisotopic (exact) mass is 388 g/mol. The van der Waals surface area contributed by atoms with Crippen molar-refractivity contribution in [3.63, 3.8) is 0 Å². The Morgan fingerprint density at radius 3 is 3.15 bits per heavy atom. The molecule has 1 saturated heterocycles. The summed E-state index contributed by atoms with van der Waals surface area (Å²) in [6, 6.07) is 7.06. The molecule has 2 atom stereocenters. The largest absolute Gasteiger partial charge is 0.442 e. The standard InChI is InChI=1S/C19H21ClN4O3/c1-11-22-16-6-5-12(7-17(16)23-11)18(25)21-9-15-10-24(19(26)27-15)14-4-2-3-13(20)8-14/h2-4,8,12,15H,5-7,9-10H2,1H3,(H,21,25)(H,22,23). The first-order chi connectivity index (χ1) is 13.0. The number of aryl methyl sites for hydroxylation is 2. The first-order valence-electron chi connectivity index (χ1n) is 9.05. The molecule has 0 saturated carbocycles. The second kappa shape index (κ2) is 7.23. The number of ether oxygens (including phenoxy) is 1. The van der Waals surface area contributed by atoms with Crippen LogP contribution in [0, 0.1) is 12.8 Å². The molecule has 0 bridgehead atoms. The maximum absolute atomic E-state index is 12.5. The number of halogens is 1. The van der Waals surface area contributed by atoms with Gasteiger partial charge >= 0.3 is 6.09 Å². The van der Waals surface area contributed by atoms with Gasteiger partial charge in [-0.15, -0.1) is 0 Å². The van der Waals surface area contributed by atoms with Crippen molar-refractivity contribution in [1.29, 1.82) is 0 Å². The van der Waals surface area contributed by atoms with Gasteiger partial charge in [0.15, 0.2) is 0 Å². The first-order valence-corrected chi connectivity index (χ1v) is 9.43. The maximum Gasteiger partial charge on any atom is 0.414 e. The number of hydrogen-bond acceptors (Lipinski definition) is 4. The minimum absolute atomic E-state index is 0.00911. The SMILES string of the molecule is Cc1nc2c([nH]1)CC(C(=O)NCC1CN(c3cccc(Cl)c3)C(=O)O1)CC2. The van der Waals surface area contributed by atoms with E-state index in [0.29, 0.717) is 30.2 Å². The van der Waals surface area contributed by atoms with Crippen molar-refractivity contribution in [3.05, 3.63) is 46.5 Å². The number of imidazole rings is 1. The molecule has 8 heteroatoms. The lowest BCUT2D eigenvalue weighted by Crippen LogP contribution is -2.39. The molecular formula is C19H21ClN4O3. The van der Waals surface area contributed by atoms with Crippen molar-refractivity contribution in [2.45, 2.75) is 32.3 Å². The normalized spacial score (nSPS) is 21.7. The molecule has 2 amide bonds. The third kappa shape index (κ3) is 3.78. The fourth-order valence-electron chi connectivity index (χ4n) is 3.69. The van der Waals surface area contributed by atoms with Crippen molar-refractivity contribution in [2.75, 3.05) is 18.0 Å². The van der Waals surface area contributed by atoms with Gasteiger partial charge in [0.1, 0.15) is 11.9 Å². The van der Waals surface area contributed by atoms with E-state index in [1.807, 2.05) is 6.92 Å². The lowest BCUT2D eigenvalue weighted by atomic mass is 9.89. The number of benzene rings is 1. The number of cyclic esters (lactones) is 1. The van der Waals surface area contributed by atoms with Gasteiger partial charge in [-0.2, -0.15) is 0 Å². The summed E-state index contributed by atoms with van der Waals surface area (Å²) in [5.74, 6) is 0.795. The van der Waals surface area contributed by atoms with Gasteiger partial charge in [-0.25, -0.2) is 9.78 Å². The Morgan fingerprint density at radius 2 is 2.33 bits per heavy atom. The highest BCUT2D eigenvalue weighted by atomic mass is 35.5. The molecule has 1 aliphatic carbocycles. The third-order valence-electron chi connectivity index (χ3n) is 5.03. The van der Waals surface area contributed by atoms with Crippen molar-refractivity contribution in [1.82, 2.24) is 15.3 Å². The van der Waals surface area contributed by atoms with Crippen LogP contribution in [0.1, 0.15) is 23.6 Å². The summed E-state index contributed by atoms with van der Waals surface area (Å²) in [7, 11) is 0. The Bertz CT molecular complexity index is 882. The van der Waals surface area contributed by atoms with E-state index in [9.17, 15) is 9.59 Å². The molecular weight excluding hydrogens is 368 g/mol. The summed E-state index contributed by atoms with van der Waals surface area (Å²) in [5, 5.41) is 3.49. The summed E-state index contributed by atoms with van der Waals surface area (Å²) in [6.07, 6.45) is 1.45. The molecule has 0 radical (unpaired) electrons. The fraction of sp³-hybridized carbons (Fsp3) is 0.421. The zero-order valence-corrected chi connectivity index (χ0v) is 15.8. The Labute approximate surface area is 162 Å². The molecule has 1 fully saturated rings. The molecule has 1 aromatic carbocycles. The summed E-state index contributed by atoms with van der Waals surface area (Å²) in [6.45, 7) is 2.61. The minimum atomic E-state index is -0.424. The van der Waals surface area contributed by atoms with Crippen LogP contribution in [0.25, 0.3) is 0 Å². The second-order valence-corrected chi connectivity index (χ2v) is 7.47. The average Bonchev–Trinajstić information content (AvgIpc) is 3.20. The molecule has 4 rings (SSSR count). The maximum atomic E-state index is 12.5. The molecule has 0 spiro atoms. The van der Waals surface area contributed by atoms with E-state index in [0.717, 1.165) is 30.1 Å². The van der Waals surface area contributed by atoms with Gasteiger partial charge in [0.05, 0.1) is 18.8 Å². The summed E-state index contributed by atoms with van der Waals surface area (Å²) in [5.41, 5.74) is 2.81. The Balaban J connectivity index is 1.32. The van der Waals surface area contributed by atoms with Gasteiger partial charge in [-0.1, -0.05) is 17.7 Å². The molecule has 2 aliphatic rings. The molecule has 1 aromatic heterocycles. The van der Waals surface area contributed by atoms with Gasteiger partial charge in [0, 0.05) is 28.7 Å². The van der Waals surface area contributed by atoms with Gasteiger partial charge in [-0.3, -0.25) is 9.69 Å². The highest BCUT2D eigenvalue weighted by Crippen LogP contribution is 2.25. The lowest BCUT2D eigenvalue weighted by molar-refractivity contribution is -0.125. The number of amides is 2. The number of aromatic nitrogens is 2. The third-order valence-corrected chi connectivity index (χ3v) is 5.27. The first kappa shape index (κ1) is 17.9. The number of nitrogens with one attached hydrogen (secondary N) is 2. The number of nitrogens with zero attached hydrogens (tertiary/aromatic N) is 2. The molecule has 27 heavy (non-hydrogen) atoms. The van der Waals surface area contributed by atoms with E-state index in [1.54, 1.807) is 24.3 Å². The Kier molecular flexibility index (Phi) is 4.78. The minimum Gasteiger partial charge on any atom is -0.442 e. The van der Waals surface area contributed by atoms with Crippen LogP contribution in [-0.4, -0.2) is 41.2 Å². The van der Waals surface area contributed by atoms with Crippen LogP contribution in [0.15, 0.2) is 24.3 Å². The van der Waals surface area contributed by atoms with Crippen LogP contribution >= 0.6 is 11.6 Å². The van der Waals surface area contributed by atoms with Gasteiger partial charge < -0.3 is 15.0 Å². The highest BCUT2D eigenvalue weighted by molar-refractivity contribution is 6.30. The topological polar surface area (TPSA) is 87.3 Å². The van der Waals surface area contributed by atoms with E-state index in [4.69, 9.17) is 16.3 Å². The number of carbonyl (C=O) groups is 2. The summed E-state index contributed by atoms with van der Waals surface area (Å²) < 4.78 is 5.38. The van der Waals surface area contributed by atoms with E-state index in [-0.39, 0.29) is 17.9 Å². The van der Waals surface area contributed by atoms with E-state index >= 15 is 0 Å². The molecule has 2 heterocycles. The number of hydrogen-bond donors (Lipinski definition) is 2. The zero-order chi connectivity index (χ0) is 19.0. The van der Waals surface area contributed by atoms with Crippen LogP contribution in [0.5, 0.6) is 0 Å². The zero-order valence-electron chi connectivity index (χ0n) is 15.0. The van der Waals surface area contributed by atoms with Crippen LogP contribution in [0.2, 0.25) is 5.02 Å². The smallest absolute Gasteiger partial charge is 0.414 e. The summed E-state index contributed by atoms with van der Waals surface area (Å²) in [4.78, 5) is 33.9. The second-order valence-electron chi connectivity index (χ2n) is 7.03. The molecule has 2 N–H and O–H groups in total. The number of rotatable bonds is 4. The number of anilines is 1. The predicted molar refractivity (Wildman–Crippen MR) is 101 cm³/mol. The van der Waals surface area contributed by atoms with Gasteiger partial charge in [0.2, 0.25) is 5.91 Å². The predicted octanol–water partition coefficient (Wildman–Crippen LogP) is 2.62. The van der Waals surface area contributed by atoms with Crippen molar-refractivity contribution >= 4 is 29.3 Å². The number of fused-ring (bicyclic) bond motifs is 1. The van der Waals surface area contributed by atoms with Crippen LogP contribution in [-0.2, 0) is 22.4 Å². The van der Waals surface area contributed by atoms with E-state index in [1.165, 1.54) is 4.90 Å². The molecule has 2 unspecified atom stereocenters. The molecule has 142 valence electrons. The van der Waals surface area contributed by atoms with E-state index in [2.05, 4.69) is 15.3 Å².